The summed E-state index contributed by atoms with van der Waals surface area (Å²) >= 11 is 0. The molecule has 0 aromatic rings. The first kappa shape index (κ1) is 25.6. The Hall–Kier alpha value is -2.36. The molecule has 0 bridgehead atoms. The number of carbonyl (C=O) groups excluding carboxylic acids is 2. The molecule has 0 heterocycles. The highest BCUT2D eigenvalue weighted by Gasteiger charge is 2.31. The highest BCUT2D eigenvalue weighted by Crippen LogP contribution is 2.11. The molecule has 4 atom stereocenters. The first-order valence-corrected chi connectivity index (χ1v) is 9.64. The summed E-state index contributed by atoms with van der Waals surface area (Å²) in [6, 6.07) is -2.70. The van der Waals surface area contributed by atoms with Gasteiger partial charge in [0.1, 0.15) is 12.1 Å². The maximum Gasteiger partial charge on any atom is 0.326 e. The molecule has 10 nitrogen and oxygen atoms in total. The molecule has 10 heteroatoms. The predicted molar refractivity (Wildman–Crippen MR) is 108 cm³/mol. The Labute approximate surface area is 166 Å². The second-order valence-electron chi connectivity index (χ2n) is 7.46. The van der Waals surface area contributed by atoms with Gasteiger partial charge in [0, 0.05) is 6.54 Å². The van der Waals surface area contributed by atoms with Gasteiger partial charge in [0.2, 0.25) is 11.8 Å². The molecule has 0 saturated heterocycles. The summed E-state index contributed by atoms with van der Waals surface area (Å²) in [4.78, 5) is 40.3. The number of carbonyl (C=O) groups is 3. The molecule has 0 aliphatic carbocycles. The third kappa shape index (κ3) is 10.1. The number of aliphatic carboxylic acids is 1. The summed E-state index contributed by atoms with van der Waals surface area (Å²) in [5, 5.41) is 14.5. The minimum absolute atomic E-state index is 0.0269. The van der Waals surface area contributed by atoms with E-state index in [1.807, 2.05) is 27.7 Å². The molecule has 0 aliphatic rings. The number of carboxylic acids is 1. The minimum atomic E-state index is -1.10. The van der Waals surface area contributed by atoms with Gasteiger partial charge in [-0.05, 0) is 31.1 Å². The molecular weight excluding hydrogens is 364 g/mol. The van der Waals surface area contributed by atoms with Gasteiger partial charge in [0.05, 0.1) is 6.04 Å². The van der Waals surface area contributed by atoms with E-state index in [1.165, 1.54) is 0 Å². The van der Waals surface area contributed by atoms with Crippen molar-refractivity contribution in [3.05, 3.63) is 0 Å². The van der Waals surface area contributed by atoms with Crippen LogP contribution in [0.4, 0.5) is 0 Å². The van der Waals surface area contributed by atoms with Crippen LogP contribution >= 0.6 is 0 Å². The van der Waals surface area contributed by atoms with E-state index >= 15 is 0 Å². The van der Waals surface area contributed by atoms with Gasteiger partial charge < -0.3 is 32.9 Å². The van der Waals surface area contributed by atoms with Crippen LogP contribution in [-0.4, -0.2) is 53.5 Å². The normalized spacial score (nSPS) is 15.2. The van der Waals surface area contributed by atoms with Crippen molar-refractivity contribution in [3.63, 3.8) is 0 Å². The molecule has 0 spiro atoms. The van der Waals surface area contributed by atoms with E-state index in [0.29, 0.717) is 32.2 Å². The van der Waals surface area contributed by atoms with Crippen LogP contribution in [0, 0.1) is 11.8 Å². The Morgan fingerprint density at radius 1 is 1.07 bits per heavy atom. The second-order valence-corrected chi connectivity index (χ2v) is 7.46. The Bertz CT molecular complexity index is 548. The van der Waals surface area contributed by atoms with Gasteiger partial charge in [-0.1, -0.05) is 34.1 Å². The van der Waals surface area contributed by atoms with E-state index in [1.54, 1.807) is 0 Å². The number of nitrogens with one attached hydrogen (secondary N) is 2. The van der Waals surface area contributed by atoms with Gasteiger partial charge in [-0.15, -0.1) is 0 Å². The first-order chi connectivity index (χ1) is 13.0. The van der Waals surface area contributed by atoms with Crippen LogP contribution in [0.15, 0.2) is 4.99 Å². The third-order valence-electron chi connectivity index (χ3n) is 4.42. The molecule has 0 rings (SSSR count). The Kier molecular flexibility index (Phi) is 11.8. The number of carboxylic acid groups (broad SMARTS) is 1. The SMILES string of the molecule is CC[C@H](C)[C@H](NC(=O)[C@@H](N)CCCN=C(N)N)C(=O)N[C@@H](CC(C)C)C(=O)O. The first-order valence-electron chi connectivity index (χ1n) is 9.64. The molecule has 0 aromatic carbocycles. The van der Waals surface area contributed by atoms with Crippen molar-refractivity contribution in [3.8, 4) is 0 Å². The Morgan fingerprint density at radius 3 is 2.14 bits per heavy atom. The molecule has 0 unspecified atom stereocenters. The van der Waals surface area contributed by atoms with E-state index in [-0.39, 0.29) is 17.8 Å². The van der Waals surface area contributed by atoms with Crippen LogP contribution in [0.5, 0.6) is 0 Å². The topological polar surface area (TPSA) is 186 Å². The van der Waals surface area contributed by atoms with Crippen molar-refractivity contribution in [1.29, 1.82) is 0 Å². The van der Waals surface area contributed by atoms with Crippen LogP contribution in [0.3, 0.4) is 0 Å². The van der Waals surface area contributed by atoms with Crippen molar-refractivity contribution in [2.75, 3.05) is 6.54 Å². The van der Waals surface area contributed by atoms with Gasteiger partial charge >= 0.3 is 5.97 Å². The molecular formula is C18H36N6O4. The minimum Gasteiger partial charge on any atom is -0.480 e. The fraction of sp³-hybridized carbons (Fsp3) is 0.778. The summed E-state index contributed by atoms with van der Waals surface area (Å²) in [6.07, 6.45) is 1.79. The fourth-order valence-electron chi connectivity index (χ4n) is 2.57. The van der Waals surface area contributed by atoms with Gasteiger partial charge in [-0.3, -0.25) is 14.6 Å². The third-order valence-corrected chi connectivity index (χ3v) is 4.42. The van der Waals surface area contributed by atoms with E-state index < -0.39 is 35.9 Å². The number of hydrogen-bond acceptors (Lipinski definition) is 5. The van der Waals surface area contributed by atoms with Crippen LogP contribution in [0.25, 0.3) is 0 Å². The predicted octanol–water partition coefficient (Wildman–Crippen LogP) is -0.486. The number of aliphatic imine (C=N–C) groups is 1. The highest BCUT2D eigenvalue weighted by atomic mass is 16.4. The summed E-state index contributed by atoms with van der Waals surface area (Å²) in [5.74, 6) is -2.22. The average molecular weight is 401 g/mol. The van der Waals surface area contributed by atoms with Crippen molar-refractivity contribution >= 4 is 23.7 Å². The number of hydrogen-bond donors (Lipinski definition) is 6. The van der Waals surface area contributed by atoms with E-state index in [2.05, 4.69) is 15.6 Å². The second kappa shape index (κ2) is 12.9. The van der Waals surface area contributed by atoms with Gasteiger partial charge in [0.25, 0.3) is 0 Å². The molecule has 0 radical (unpaired) electrons. The monoisotopic (exact) mass is 400 g/mol. The molecule has 0 fully saturated rings. The summed E-state index contributed by atoms with van der Waals surface area (Å²) < 4.78 is 0. The van der Waals surface area contributed by atoms with E-state index in [0.717, 1.165) is 0 Å². The van der Waals surface area contributed by atoms with Crippen LogP contribution < -0.4 is 27.8 Å². The smallest absolute Gasteiger partial charge is 0.326 e. The molecule has 162 valence electrons. The summed E-state index contributed by atoms with van der Waals surface area (Å²) in [7, 11) is 0. The lowest BCUT2D eigenvalue weighted by Crippen LogP contribution is -2.56. The lowest BCUT2D eigenvalue weighted by Gasteiger charge is -2.27. The quantitative estimate of drug-likeness (QED) is 0.137. The number of nitrogens with two attached hydrogens (primary N) is 3. The van der Waals surface area contributed by atoms with Crippen LogP contribution in [0.1, 0.15) is 53.4 Å². The van der Waals surface area contributed by atoms with Gasteiger partial charge in [-0.25, -0.2) is 4.79 Å². The zero-order chi connectivity index (χ0) is 21.9. The maximum atomic E-state index is 12.7. The van der Waals surface area contributed by atoms with E-state index in [4.69, 9.17) is 17.2 Å². The summed E-state index contributed by atoms with van der Waals surface area (Å²) in [6.45, 7) is 7.80. The molecule has 9 N–H and O–H groups in total. The summed E-state index contributed by atoms with van der Waals surface area (Å²) in [5.41, 5.74) is 16.4. The number of nitrogens with zero attached hydrogens (tertiary/aromatic N) is 1. The zero-order valence-corrected chi connectivity index (χ0v) is 17.3. The number of guanidine groups is 1. The van der Waals surface area contributed by atoms with Crippen molar-refractivity contribution in [1.82, 2.24) is 10.6 Å². The maximum absolute atomic E-state index is 12.7. The molecule has 2 amide bonds. The van der Waals surface area contributed by atoms with Crippen molar-refractivity contribution < 1.29 is 19.5 Å². The van der Waals surface area contributed by atoms with E-state index in [9.17, 15) is 19.5 Å². The number of rotatable bonds is 13. The number of amides is 2. The standard InChI is InChI=1S/C18H36N6O4/c1-5-11(4)14(16(26)23-13(17(27)28)9-10(2)3)24-15(25)12(19)7-6-8-22-18(20)21/h10-14H,5-9,19H2,1-4H3,(H,23,26)(H,24,25)(H,27,28)(H4,20,21,22)/t11-,12-,13-,14-/m0/s1. The largest absolute Gasteiger partial charge is 0.480 e. The fourth-order valence-corrected chi connectivity index (χ4v) is 2.57. The Morgan fingerprint density at radius 2 is 1.68 bits per heavy atom. The Balaban J connectivity index is 4.96. The van der Waals surface area contributed by atoms with Crippen molar-refractivity contribution in [2.45, 2.75) is 71.5 Å². The molecule has 0 saturated carbocycles. The van der Waals surface area contributed by atoms with Crippen LogP contribution in [0.2, 0.25) is 0 Å². The lowest BCUT2D eigenvalue weighted by molar-refractivity contribution is -0.143. The molecule has 0 aliphatic heterocycles. The highest BCUT2D eigenvalue weighted by molar-refractivity contribution is 5.91. The lowest BCUT2D eigenvalue weighted by atomic mass is 9.96. The van der Waals surface area contributed by atoms with Gasteiger partial charge in [0.15, 0.2) is 5.96 Å². The van der Waals surface area contributed by atoms with Crippen molar-refractivity contribution in [2.24, 2.45) is 34.0 Å². The van der Waals surface area contributed by atoms with Gasteiger partial charge in [-0.2, -0.15) is 0 Å². The van der Waals surface area contributed by atoms with Crippen LogP contribution in [-0.2, 0) is 14.4 Å². The average Bonchev–Trinajstić information content (AvgIpc) is 2.60. The molecule has 0 aromatic heterocycles. The zero-order valence-electron chi connectivity index (χ0n) is 17.3. The molecule has 28 heavy (non-hydrogen) atoms.